The molecule has 0 radical (unpaired) electrons. The van der Waals surface area contributed by atoms with Crippen LogP contribution < -0.4 is 0 Å². The SMILES string of the molecule is CCCCCC(=O)CC=C1CC[C@H](O)[C@@H]1CCCCCCC(=O)OCC. The Morgan fingerprint density at radius 3 is 2.54 bits per heavy atom. The minimum absolute atomic E-state index is 0.104. The van der Waals surface area contributed by atoms with Crippen LogP contribution in [0.25, 0.3) is 0 Å². The first-order chi connectivity index (χ1) is 12.6. The van der Waals surface area contributed by atoms with E-state index in [1.165, 1.54) is 5.57 Å². The highest BCUT2D eigenvalue weighted by Gasteiger charge is 2.29. The monoisotopic (exact) mass is 366 g/mol. The highest BCUT2D eigenvalue weighted by molar-refractivity contribution is 5.79. The molecular weight excluding hydrogens is 328 g/mol. The largest absolute Gasteiger partial charge is 0.466 e. The van der Waals surface area contributed by atoms with Crippen LogP contribution in [0.15, 0.2) is 11.6 Å². The molecule has 0 spiro atoms. The van der Waals surface area contributed by atoms with Crippen molar-refractivity contribution in [2.75, 3.05) is 6.61 Å². The first kappa shape index (κ1) is 22.9. The van der Waals surface area contributed by atoms with Crippen molar-refractivity contribution in [3.8, 4) is 0 Å². The van der Waals surface area contributed by atoms with Crippen LogP contribution in [0.3, 0.4) is 0 Å². The fraction of sp³-hybridized carbons (Fsp3) is 0.818. The normalized spacial score (nSPS) is 21.3. The molecule has 4 nitrogen and oxygen atoms in total. The van der Waals surface area contributed by atoms with E-state index in [2.05, 4.69) is 13.0 Å². The molecule has 1 aliphatic rings. The summed E-state index contributed by atoms with van der Waals surface area (Å²) < 4.78 is 4.93. The molecule has 1 N–H and O–H groups in total. The molecular formula is C22H38O4. The molecule has 0 aromatic heterocycles. The Morgan fingerprint density at radius 2 is 1.81 bits per heavy atom. The average molecular weight is 367 g/mol. The molecule has 1 saturated carbocycles. The van der Waals surface area contributed by atoms with Crippen LogP contribution in [0.5, 0.6) is 0 Å². The van der Waals surface area contributed by atoms with Gasteiger partial charge in [0.15, 0.2) is 0 Å². The van der Waals surface area contributed by atoms with Gasteiger partial charge in [0.25, 0.3) is 0 Å². The van der Waals surface area contributed by atoms with Crippen LogP contribution in [0.4, 0.5) is 0 Å². The summed E-state index contributed by atoms with van der Waals surface area (Å²) in [6.07, 6.45) is 13.6. The molecule has 2 atom stereocenters. The third kappa shape index (κ3) is 9.51. The summed E-state index contributed by atoms with van der Waals surface area (Å²) in [5.41, 5.74) is 1.29. The number of allylic oxidation sites excluding steroid dienone is 1. The topological polar surface area (TPSA) is 63.6 Å². The molecule has 0 aromatic rings. The Hall–Kier alpha value is -1.16. The Labute approximate surface area is 159 Å². The van der Waals surface area contributed by atoms with Crippen molar-refractivity contribution in [3.05, 3.63) is 11.6 Å². The van der Waals surface area contributed by atoms with Crippen molar-refractivity contribution < 1.29 is 19.4 Å². The lowest BCUT2D eigenvalue weighted by atomic mass is 9.92. The van der Waals surface area contributed by atoms with E-state index in [1.54, 1.807) is 0 Å². The quantitative estimate of drug-likeness (QED) is 0.263. The van der Waals surface area contributed by atoms with Gasteiger partial charge in [-0.15, -0.1) is 0 Å². The van der Waals surface area contributed by atoms with Crippen molar-refractivity contribution in [3.63, 3.8) is 0 Å². The highest BCUT2D eigenvalue weighted by atomic mass is 16.5. The van der Waals surface area contributed by atoms with Crippen LogP contribution in [0, 0.1) is 5.92 Å². The molecule has 0 amide bonds. The second kappa shape index (κ2) is 14.0. The number of ketones is 1. The summed E-state index contributed by atoms with van der Waals surface area (Å²) in [6.45, 7) is 4.43. The van der Waals surface area contributed by atoms with E-state index in [-0.39, 0.29) is 18.0 Å². The molecule has 0 bridgehead atoms. The summed E-state index contributed by atoms with van der Waals surface area (Å²) in [5, 5.41) is 10.2. The molecule has 1 fully saturated rings. The molecule has 150 valence electrons. The molecule has 1 aliphatic carbocycles. The van der Waals surface area contributed by atoms with E-state index in [4.69, 9.17) is 4.74 Å². The zero-order valence-electron chi connectivity index (χ0n) is 16.8. The van der Waals surface area contributed by atoms with Gasteiger partial charge in [0.05, 0.1) is 12.7 Å². The van der Waals surface area contributed by atoms with Crippen molar-refractivity contribution >= 4 is 11.8 Å². The standard InChI is InChI=1S/C22H38O4/c1-3-5-8-11-19(23)16-14-18-15-17-21(24)20(18)12-9-6-7-10-13-22(25)26-4-2/h14,20-21,24H,3-13,15-17H2,1-2H3/t20-,21+/m1/s1. The van der Waals surface area contributed by atoms with E-state index in [0.717, 1.165) is 64.2 Å². The molecule has 26 heavy (non-hydrogen) atoms. The third-order valence-electron chi connectivity index (χ3n) is 5.27. The van der Waals surface area contributed by atoms with Crippen molar-refractivity contribution in [2.45, 2.75) is 103 Å². The first-order valence-electron chi connectivity index (χ1n) is 10.6. The van der Waals surface area contributed by atoms with Crippen LogP contribution in [-0.4, -0.2) is 29.6 Å². The number of aliphatic hydroxyl groups excluding tert-OH is 1. The number of hydrogen-bond donors (Lipinski definition) is 1. The minimum atomic E-state index is -0.254. The Kier molecular flexibility index (Phi) is 12.3. The molecule has 0 aromatic carbocycles. The maximum absolute atomic E-state index is 12.0. The van der Waals surface area contributed by atoms with Gasteiger partial charge < -0.3 is 9.84 Å². The summed E-state index contributed by atoms with van der Waals surface area (Å²) in [6, 6.07) is 0. The van der Waals surface area contributed by atoms with Gasteiger partial charge in [0, 0.05) is 25.2 Å². The summed E-state index contributed by atoms with van der Waals surface area (Å²) in [7, 11) is 0. The van der Waals surface area contributed by atoms with Gasteiger partial charge in [0.2, 0.25) is 0 Å². The highest BCUT2D eigenvalue weighted by Crippen LogP contribution is 2.35. The number of carbonyl (C=O) groups excluding carboxylic acids is 2. The number of ether oxygens (including phenoxy) is 1. The molecule has 0 aliphatic heterocycles. The summed E-state index contributed by atoms with van der Waals surface area (Å²) >= 11 is 0. The molecule has 0 heterocycles. The number of carbonyl (C=O) groups is 2. The smallest absolute Gasteiger partial charge is 0.305 e. The van der Waals surface area contributed by atoms with Crippen LogP contribution >= 0.6 is 0 Å². The number of rotatable bonds is 14. The predicted molar refractivity (Wildman–Crippen MR) is 105 cm³/mol. The van der Waals surface area contributed by atoms with Gasteiger partial charge in [0.1, 0.15) is 5.78 Å². The number of Topliss-reactive ketones (excluding diaryl/α,β-unsaturated/α-hetero) is 1. The van der Waals surface area contributed by atoms with Gasteiger partial charge in [-0.2, -0.15) is 0 Å². The third-order valence-corrected chi connectivity index (χ3v) is 5.27. The number of aliphatic hydroxyl groups is 1. The van der Waals surface area contributed by atoms with E-state index in [9.17, 15) is 14.7 Å². The van der Waals surface area contributed by atoms with E-state index >= 15 is 0 Å². The zero-order valence-corrected chi connectivity index (χ0v) is 16.8. The second-order valence-electron chi connectivity index (χ2n) is 7.45. The average Bonchev–Trinajstić information content (AvgIpc) is 2.96. The van der Waals surface area contributed by atoms with E-state index in [0.29, 0.717) is 31.7 Å². The van der Waals surface area contributed by atoms with Crippen molar-refractivity contribution in [2.24, 2.45) is 5.92 Å². The van der Waals surface area contributed by atoms with Gasteiger partial charge in [-0.25, -0.2) is 0 Å². The number of unbranched alkanes of at least 4 members (excludes halogenated alkanes) is 5. The summed E-state index contributed by atoms with van der Waals surface area (Å²) in [4.78, 5) is 23.2. The van der Waals surface area contributed by atoms with Gasteiger partial charge >= 0.3 is 5.97 Å². The fourth-order valence-electron chi connectivity index (χ4n) is 3.72. The Morgan fingerprint density at radius 1 is 1.08 bits per heavy atom. The van der Waals surface area contributed by atoms with Crippen LogP contribution in [-0.2, 0) is 14.3 Å². The zero-order chi connectivity index (χ0) is 19.2. The molecule has 1 rings (SSSR count). The lowest BCUT2D eigenvalue weighted by Gasteiger charge is -2.16. The van der Waals surface area contributed by atoms with E-state index < -0.39 is 0 Å². The fourth-order valence-corrected chi connectivity index (χ4v) is 3.72. The summed E-state index contributed by atoms with van der Waals surface area (Å²) in [5.74, 6) is 0.445. The van der Waals surface area contributed by atoms with Crippen LogP contribution in [0.1, 0.15) is 97.3 Å². The van der Waals surface area contributed by atoms with E-state index in [1.807, 2.05) is 6.92 Å². The predicted octanol–water partition coefficient (Wildman–Crippen LogP) is 5.13. The van der Waals surface area contributed by atoms with Crippen LogP contribution in [0.2, 0.25) is 0 Å². The first-order valence-corrected chi connectivity index (χ1v) is 10.6. The lowest BCUT2D eigenvalue weighted by Crippen LogP contribution is -2.14. The Balaban J connectivity index is 2.25. The maximum atomic E-state index is 12.0. The molecule has 0 unspecified atom stereocenters. The van der Waals surface area contributed by atoms with Gasteiger partial charge in [-0.3, -0.25) is 9.59 Å². The molecule has 4 heteroatoms. The number of esters is 1. The van der Waals surface area contributed by atoms with Crippen molar-refractivity contribution in [1.29, 1.82) is 0 Å². The minimum Gasteiger partial charge on any atom is -0.466 e. The van der Waals surface area contributed by atoms with Gasteiger partial charge in [-0.1, -0.05) is 50.7 Å². The maximum Gasteiger partial charge on any atom is 0.305 e. The molecule has 0 saturated heterocycles. The van der Waals surface area contributed by atoms with Gasteiger partial charge in [-0.05, 0) is 39.0 Å². The number of hydrogen-bond acceptors (Lipinski definition) is 4. The van der Waals surface area contributed by atoms with Crippen molar-refractivity contribution in [1.82, 2.24) is 0 Å². The second-order valence-corrected chi connectivity index (χ2v) is 7.45. The Bertz CT molecular complexity index is 441. The lowest BCUT2D eigenvalue weighted by molar-refractivity contribution is -0.143.